The van der Waals surface area contributed by atoms with E-state index in [-0.39, 0.29) is 29.6 Å². The zero-order valence-electron chi connectivity index (χ0n) is 23.5. The first-order valence-corrected chi connectivity index (χ1v) is 14.0. The van der Waals surface area contributed by atoms with Gasteiger partial charge in [0.05, 0.1) is 24.9 Å². The summed E-state index contributed by atoms with van der Waals surface area (Å²) in [6, 6.07) is 5.13. The Balaban J connectivity index is 1.31. The van der Waals surface area contributed by atoms with Crippen molar-refractivity contribution >= 4 is 29.9 Å². The van der Waals surface area contributed by atoms with E-state index < -0.39 is 6.03 Å². The number of nitrogens with zero attached hydrogens (tertiary/aromatic N) is 6. The number of amides is 3. The van der Waals surface area contributed by atoms with Crippen molar-refractivity contribution < 1.29 is 23.9 Å². The Morgan fingerprint density at radius 3 is 2.68 bits per heavy atom. The summed E-state index contributed by atoms with van der Waals surface area (Å²) in [5.74, 6) is 1.06. The van der Waals surface area contributed by atoms with Gasteiger partial charge in [-0.2, -0.15) is 5.26 Å². The highest BCUT2D eigenvalue weighted by atomic mass is 16.5. The van der Waals surface area contributed by atoms with Gasteiger partial charge in [0, 0.05) is 44.9 Å². The first kappa shape index (κ1) is 28.4. The number of rotatable bonds is 7. The third-order valence-corrected chi connectivity index (χ3v) is 7.97. The minimum atomic E-state index is -0.443. The predicted molar refractivity (Wildman–Crippen MR) is 150 cm³/mol. The number of urea groups is 1. The number of aldehydes is 1. The summed E-state index contributed by atoms with van der Waals surface area (Å²) in [4.78, 5) is 51.9. The van der Waals surface area contributed by atoms with E-state index in [1.807, 2.05) is 18.0 Å². The number of nitrogens with one attached hydrogen (secondary N) is 1. The molecule has 1 aliphatic carbocycles. The Bertz CT molecular complexity index is 1350. The molecule has 1 saturated heterocycles. The van der Waals surface area contributed by atoms with E-state index in [0.29, 0.717) is 68.0 Å². The quantitative estimate of drug-likeness (QED) is 0.505. The zero-order valence-corrected chi connectivity index (χ0v) is 23.5. The number of carbonyl (C=O) groups excluding carboxylic acids is 3. The van der Waals surface area contributed by atoms with Crippen LogP contribution in [0.1, 0.15) is 59.3 Å². The van der Waals surface area contributed by atoms with Gasteiger partial charge in [-0.05, 0) is 57.2 Å². The van der Waals surface area contributed by atoms with Crippen molar-refractivity contribution in [2.24, 2.45) is 0 Å². The third kappa shape index (κ3) is 6.47. The van der Waals surface area contributed by atoms with Crippen molar-refractivity contribution in [3.63, 3.8) is 0 Å². The number of piperazine rings is 1. The molecule has 1 saturated carbocycles. The van der Waals surface area contributed by atoms with Gasteiger partial charge in [0.2, 0.25) is 5.91 Å². The number of likely N-dealkylation sites (N-methyl/N-ethyl adjacent to an activating group) is 1. The lowest BCUT2D eigenvalue weighted by atomic mass is 9.95. The highest BCUT2D eigenvalue weighted by Crippen LogP contribution is 2.31. The van der Waals surface area contributed by atoms with Crippen LogP contribution in [0, 0.1) is 11.3 Å². The van der Waals surface area contributed by atoms with Crippen LogP contribution < -0.4 is 15.0 Å². The number of pyridine rings is 2. The second-order valence-corrected chi connectivity index (χ2v) is 10.8. The SMILES string of the molecule is COC1CCC(Oc2cc(NC(=O)N3CCCc4cc(CN5CCN(C)CC5=O)c(C=O)nc43)ncc2C#N)CC1. The molecular weight excluding hydrogens is 526 g/mol. The van der Waals surface area contributed by atoms with Gasteiger partial charge in [0.15, 0.2) is 6.29 Å². The van der Waals surface area contributed by atoms with Gasteiger partial charge in [-0.15, -0.1) is 0 Å². The van der Waals surface area contributed by atoms with Gasteiger partial charge in [0.1, 0.15) is 34.7 Å². The number of hydrogen-bond acceptors (Lipinski definition) is 9. The fourth-order valence-electron chi connectivity index (χ4n) is 5.61. The molecule has 2 aromatic rings. The molecular formula is C29H35N7O5. The van der Waals surface area contributed by atoms with Crippen LogP contribution in [0.15, 0.2) is 18.3 Å². The average Bonchev–Trinajstić information content (AvgIpc) is 2.98. The number of methoxy groups -OCH3 is 1. The standard InChI is InChI=1S/C29H35N7O5/c1-34-10-11-35(27(38)17-34)16-20-12-19-4-3-9-36(28(19)32-24(20)18-37)29(39)33-26-13-25(21(14-30)15-31-26)41-23-7-5-22(40-2)6-8-23/h12-13,15,18,22-23H,3-11,16-17H2,1-2H3,(H,31,33,39). The Kier molecular flexibility index (Phi) is 8.75. The number of fused-ring (bicyclic) bond motifs is 1. The Morgan fingerprint density at radius 1 is 1.20 bits per heavy atom. The molecule has 2 aliphatic heterocycles. The van der Waals surface area contributed by atoms with Crippen LogP contribution in [0.5, 0.6) is 5.75 Å². The number of aromatic nitrogens is 2. The third-order valence-electron chi connectivity index (χ3n) is 7.97. The van der Waals surface area contributed by atoms with Crippen molar-refractivity contribution in [3.05, 3.63) is 40.7 Å². The lowest BCUT2D eigenvalue weighted by Gasteiger charge is -2.33. The van der Waals surface area contributed by atoms with E-state index in [1.54, 1.807) is 18.1 Å². The molecule has 0 bridgehead atoms. The summed E-state index contributed by atoms with van der Waals surface area (Å²) in [6.07, 6.45) is 7.06. The number of nitriles is 1. The molecule has 12 nitrogen and oxygen atoms in total. The molecule has 0 radical (unpaired) electrons. The smallest absolute Gasteiger partial charge is 0.328 e. The number of carbonyl (C=O) groups is 3. The molecule has 2 aromatic heterocycles. The van der Waals surface area contributed by atoms with Crippen LogP contribution in [0.4, 0.5) is 16.4 Å². The summed E-state index contributed by atoms with van der Waals surface area (Å²) in [7, 11) is 3.62. The van der Waals surface area contributed by atoms with Gasteiger partial charge in [-0.25, -0.2) is 14.8 Å². The van der Waals surface area contributed by atoms with E-state index >= 15 is 0 Å². The number of aryl methyl sites for hydroxylation is 1. The molecule has 3 aliphatic rings. The maximum absolute atomic E-state index is 13.4. The highest BCUT2D eigenvalue weighted by Gasteiger charge is 2.29. The molecule has 0 spiro atoms. The Labute approximate surface area is 239 Å². The molecule has 12 heteroatoms. The largest absolute Gasteiger partial charge is 0.489 e. The van der Waals surface area contributed by atoms with Crippen molar-refractivity contribution in [2.45, 2.75) is 57.3 Å². The normalized spacial score (nSPS) is 21.1. The second kappa shape index (κ2) is 12.6. The lowest BCUT2D eigenvalue weighted by molar-refractivity contribution is -0.136. The topological polar surface area (TPSA) is 141 Å². The van der Waals surface area contributed by atoms with Crippen LogP contribution in [-0.2, 0) is 22.5 Å². The van der Waals surface area contributed by atoms with E-state index in [1.165, 1.54) is 11.1 Å². The molecule has 4 heterocycles. The van der Waals surface area contributed by atoms with E-state index in [9.17, 15) is 19.6 Å². The van der Waals surface area contributed by atoms with Crippen LogP contribution in [0.3, 0.4) is 0 Å². The van der Waals surface area contributed by atoms with Crippen molar-refractivity contribution in [1.82, 2.24) is 19.8 Å². The van der Waals surface area contributed by atoms with Crippen LogP contribution in [0.25, 0.3) is 0 Å². The molecule has 0 unspecified atom stereocenters. The number of hydrogen-bond donors (Lipinski definition) is 1. The predicted octanol–water partition coefficient (Wildman–Crippen LogP) is 2.76. The second-order valence-electron chi connectivity index (χ2n) is 10.8. The summed E-state index contributed by atoms with van der Waals surface area (Å²) < 4.78 is 11.6. The summed E-state index contributed by atoms with van der Waals surface area (Å²) >= 11 is 0. The zero-order chi connectivity index (χ0) is 28.9. The molecule has 3 amide bonds. The van der Waals surface area contributed by atoms with Crippen molar-refractivity contribution in [1.29, 1.82) is 5.26 Å². The fourth-order valence-corrected chi connectivity index (χ4v) is 5.61. The highest BCUT2D eigenvalue weighted by molar-refractivity contribution is 6.01. The number of ether oxygens (including phenoxy) is 2. The summed E-state index contributed by atoms with van der Waals surface area (Å²) in [5, 5.41) is 12.4. The van der Waals surface area contributed by atoms with Gasteiger partial charge in [-0.1, -0.05) is 0 Å². The van der Waals surface area contributed by atoms with Gasteiger partial charge in [-0.3, -0.25) is 24.7 Å². The maximum Gasteiger partial charge on any atom is 0.328 e. The van der Waals surface area contributed by atoms with Crippen molar-refractivity contribution in [2.75, 3.05) is 50.6 Å². The number of anilines is 2. The van der Waals surface area contributed by atoms with Gasteiger partial charge < -0.3 is 14.4 Å². The van der Waals surface area contributed by atoms with E-state index in [2.05, 4.69) is 21.4 Å². The van der Waals surface area contributed by atoms with Gasteiger partial charge >= 0.3 is 6.03 Å². The van der Waals surface area contributed by atoms with E-state index in [0.717, 1.165) is 37.8 Å². The van der Waals surface area contributed by atoms with Crippen molar-refractivity contribution in [3.8, 4) is 11.8 Å². The van der Waals surface area contributed by atoms with Crippen LogP contribution in [-0.4, -0.2) is 90.5 Å². The lowest BCUT2D eigenvalue weighted by Crippen LogP contribution is -2.48. The first-order chi connectivity index (χ1) is 19.9. The minimum absolute atomic E-state index is 0.00949. The molecule has 2 fully saturated rings. The summed E-state index contributed by atoms with van der Waals surface area (Å²) in [6.45, 7) is 2.41. The Morgan fingerprint density at radius 2 is 1.98 bits per heavy atom. The van der Waals surface area contributed by atoms with Crippen LogP contribution >= 0.6 is 0 Å². The first-order valence-electron chi connectivity index (χ1n) is 14.0. The average molecular weight is 562 g/mol. The minimum Gasteiger partial charge on any atom is -0.489 e. The molecule has 0 aromatic carbocycles. The molecule has 216 valence electrons. The van der Waals surface area contributed by atoms with E-state index in [4.69, 9.17) is 9.47 Å². The van der Waals surface area contributed by atoms with Crippen LogP contribution in [0.2, 0.25) is 0 Å². The monoisotopic (exact) mass is 561 g/mol. The fraction of sp³-hybridized carbons (Fsp3) is 0.517. The Hall–Kier alpha value is -4.08. The summed E-state index contributed by atoms with van der Waals surface area (Å²) in [5.41, 5.74) is 2.03. The molecule has 1 N–H and O–H groups in total. The van der Waals surface area contributed by atoms with Gasteiger partial charge in [0.25, 0.3) is 0 Å². The maximum atomic E-state index is 13.4. The molecule has 0 atom stereocenters. The molecule has 41 heavy (non-hydrogen) atoms. The molecule has 5 rings (SSSR count).